The molecule has 1 aromatic carbocycles. The van der Waals surface area contributed by atoms with E-state index in [2.05, 4.69) is 4.98 Å². The summed E-state index contributed by atoms with van der Waals surface area (Å²) in [6.07, 6.45) is 0. The summed E-state index contributed by atoms with van der Waals surface area (Å²) in [6, 6.07) is 3.79. The zero-order valence-electron chi connectivity index (χ0n) is 9.14. The third-order valence-corrected chi connectivity index (χ3v) is 4.17. The molecule has 0 bridgehead atoms. The molecule has 6 nitrogen and oxygen atoms in total. The number of nitrogens with one attached hydrogen (secondary N) is 1. The summed E-state index contributed by atoms with van der Waals surface area (Å²) in [7, 11) is -3.44. The van der Waals surface area contributed by atoms with Gasteiger partial charge in [-0.25, -0.2) is 13.2 Å². The molecule has 2 aromatic rings. The van der Waals surface area contributed by atoms with Gasteiger partial charge in [0.2, 0.25) is 0 Å². The first kappa shape index (κ1) is 11.9. The molecule has 0 saturated carbocycles. The number of oxazole rings is 1. The Labute approximate surface area is 97.3 Å². The van der Waals surface area contributed by atoms with Crippen LogP contribution in [0.4, 0.5) is 0 Å². The van der Waals surface area contributed by atoms with Crippen molar-refractivity contribution in [3.8, 4) is 0 Å². The van der Waals surface area contributed by atoms with Crippen LogP contribution in [0.3, 0.4) is 0 Å². The van der Waals surface area contributed by atoms with Crippen LogP contribution < -0.4 is 11.5 Å². The molecule has 2 rings (SSSR count). The highest BCUT2D eigenvalue weighted by molar-refractivity contribution is 7.91. The van der Waals surface area contributed by atoms with E-state index in [-0.39, 0.29) is 16.2 Å². The van der Waals surface area contributed by atoms with Crippen LogP contribution >= 0.6 is 0 Å². The van der Waals surface area contributed by atoms with Crippen molar-refractivity contribution in [1.29, 1.82) is 0 Å². The van der Waals surface area contributed by atoms with E-state index >= 15 is 0 Å². The van der Waals surface area contributed by atoms with E-state index in [1.807, 2.05) is 0 Å². The molecule has 1 heterocycles. The number of aromatic nitrogens is 1. The Balaban J connectivity index is 2.52. The van der Waals surface area contributed by atoms with Gasteiger partial charge in [-0.05, 0) is 19.1 Å². The summed E-state index contributed by atoms with van der Waals surface area (Å²) in [5.41, 5.74) is 6.16. The largest absolute Gasteiger partial charge is 0.417 e. The monoisotopic (exact) mass is 256 g/mol. The molecule has 0 aliphatic carbocycles. The van der Waals surface area contributed by atoms with Crippen molar-refractivity contribution >= 4 is 20.9 Å². The van der Waals surface area contributed by atoms with Gasteiger partial charge in [-0.2, -0.15) is 0 Å². The van der Waals surface area contributed by atoms with Crippen LogP contribution in [-0.2, 0) is 9.84 Å². The van der Waals surface area contributed by atoms with Crippen LogP contribution in [0.1, 0.15) is 6.92 Å². The van der Waals surface area contributed by atoms with E-state index in [0.29, 0.717) is 5.52 Å². The lowest BCUT2D eigenvalue weighted by molar-refractivity contribution is 0.553. The molecule has 0 aliphatic rings. The number of benzene rings is 1. The van der Waals surface area contributed by atoms with E-state index in [1.54, 1.807) is 6.92 Å². The van der Waals surface area contributed by atoms with Crippen LogP contribution in [0.5, 0.6) is 0 Å². The molecule has 92 valence electrons. The first-order valence-electron chi connectivity index (χ1n) is 5.00. The van der Waals surface area contributed by atoms with Crippen LogP contribution in [0.2, 0.25) is 0 Å². The van der Waals surface area contributed by atoms with Crippen molar-refractivity contribution in [3.05, 3.63) is 28.7 Å². The molecule has 1 atom stereocenters. The molecule has 0 aliphatic heterocycles. The van der Waals surface area contributed by atoms with E-state index in [4.69, 9.17) is 10.2 Å². The average molecular weight is 256 g/mol. The summed E-state index contributed by atoms with van der Waals surface area (Å²) in [6.45, 7) is 1.62. The van der Waals surface area contributed by atoms with Crippen molar-refractivity contribution in [1.82, 2.24) is 4.98 Å². The summed E-state index contributed by atoms with van der Waals surface area (Å²) in [4.78, 5) is 13.5. The van der Waals surface area contributed by atoms with E-state index in [0.717, 1.165) is 0 Å². The Morgan fingerprint density at radius 3 is 2.82 bits per heavy atom. The molecule has 1 unspecified atom stereocenters. The van der Waals surface area contributed by atoms with Gasteiger partial charge >= 0.3 is 5.76 Å². The van der Waals surface area contributed by atoms with Crippen molar-refractivity contribution in [2.24, 2.45) is 5.73 Å². The van der Waals surface area contributed by atoms with Gasteiger partial charge in [0, 0.05) is 12.1 Å². The number of H-pyrrole nitrogens is 1. The standard InChI is InChI=1S/C10H12N2O4S/c1-6(11)5-17(14,15)7-2-3-8-9(4-7)16-10(13)12-8/h2-4,6H,5,11H2,1H3,(H,12,13). The normalized spacial score (nSPS) is 14.0. The molecule has 1 aromatic heterocycles. The van der Waals surface area contributed by atoms with Gasteiger partial charge in [-0.3, -0.25) is 4.98 Å². The molecular weight excluding hydrogens is 244 g/mol. The summed E-state index contributed by atoms with van der Waals surface area (Å²) in [5.74, 6) is -0.755. The zero-order chi connectivity index (χ0) is 12.6. The number of hydrogen-bond acceptors (Lipinski definition) is 5. The fourth-order valence-electron chi connectivity index (χ4n) is 1.56. The van der Waals surface area contributed by atoms with Crippen molar-refractivity contribution in [2.45, 2.75) is 17.9 Å². The molecule has 0 amide bonds. The lowest BCUT2D eigenvalue weighted by Gasteiger charge is -2.06. The first-order chi connectivity index (χ1) is 7.88. The smallest absolute Gasteiger partial charge is 0.408 e. The molecule has 7 heteroatoms. The molecule has 0 spiro atoms. The van der Waals surface area contributed by atoms with Crippen molar-refractivity contribution in [2.75, 3.05) is 5.75 Å². The highest BCUT2D eigenvalue weighted by Gasteiger charge is 2.17. The number of hydrogen-bond donors (Lipinski definition) is 2. The van der Waals surface area contributed by atoms with Crippen LogP contribution in [0.25, 0.3) is 11.1 Å². The highest BCUT2D eigenvalue weighted by atomic mass is 32.2. The SMILES string of the molecule is CC(N)CS(=O)(=O)c1ccc2[nH]c(=O)oc2c1. The minimum Gasteiger partial charge on any atom is -0.408 e. The van der Waals surface area contributed by atoms with Gasteiger partial charge in [0.05, 0.1) is 16.2 Å². The highest BCUT2D eigenvalue weighted by Crippen LogP contribution is 2.18. The molecule has 0 fully saturated rings. The fraction of sp³-hybridized carbons (Fsp3) is 0.300. The number of aromatic amines is 1. The molecule has 0 radical (unpaired) electrons. The Morgan fingerprint density at radius 1 is 1.47 bits per heavy atom. The topological polar surface area (TPSA) is 106 Å². The summed E-state index contributed by atoms with van der Waals surface area (Å²) < 4.78 is 28.6. The maximum Gasteiger partial charge on any atom is 0.417 e. The lowest BCUT2D eigenvalue weighted by Crippen LogP contribution is -2.26. The Morgan fingerprint density at radius 2 is 2.18 bits per heavy atom. The zero-order valence-corrected chi connectivity index (χ0v) is 9.95. The molecular formula is C10H12N2O4S. The number of fused-ring (bicyclic) bond motifs is 1. The second kappa shape index (κ2) is 4.01. The van der Waals surface area contributed by atoms with Crippen LogP contribution in [-0.4, -0.2) is 25.2 Å². The first-order valence-corrected chi connectivity index (χ1v) is 6.65. The van der Waals surface area contributed by atoms with E-state index in [9.17, 15) is 13.2 Å². The maximum absolute atomic E-state index is 11.9. The number of sulfone groups is 1. The molecule has 3 N–H and O–H groups in total. The van der Waals surface area contributed by atoms with Gasteiger partial charge in [-0.15, -0.1) is 0 Å². The van der Waals surface area contributed by atoms with Crippen LogP contribution in [0, 0.1) is 0 Å². The quantitative estimate of drug-likeness (QED) is 0.818. The summed E-state index contributed by atoms with van der Waals surface area (Å²) in [5, 5.41) is 0. The van der Waals surface area contributed by atoms with E-state index < -0.39 is 21.6 Å². The lowest BCUT2D eigenvalue weighted by atomic mass is 10.3. The minimum absolute atomic E-state index is 0.102. The Kier molecular flexibility index (Phi) is 2.80. The number of nitrogens with two attached hydrogens (primary N) is 1. The van der Waals surface area contributed by atoms with Crippen molar-refractivity contribution < 1.29 is 12.8 Å². The minimum atomic E-state index is -3.44. The van der Waals surface area contributed by atoms with Crippen molar-refractivity contribution in [3.63, 3.8) is 0 Å². The van der Waals surface area contributed by atoms with Gasteiger partial charge in [0.25, 0.3) is 0 Å². The molecule has 17 heavy (non-hydrogen) atoms. The third-order valence-electron chi connectivity index (χ3n) is 2.23. The Hall–Kier alpha value is -1.60. The molecule has 0 saturated heterocycles. The number of rotatable bonds is 3. The van der Waals surface area contributed by atoms with Crippen LogP contribution in [0.15, 0.2) is 32.3 Å². The maximum atomic E-state index is 11.9. The third kappa shape index (κ3) is 2.40. The van der Waals surface area contributed by atoms with Gasteiger partial charge in [0.1, 0.15) is 0 Å². The van der Waals surface area contributed by atoms with Gasteiger partial charge in [-0.1, -0.05) is 0 Å². The fourth-order valence-corrected chi connectivity index (χ4v) is 3.01. The predicted molar refractivity (Wildman–Crippen MR) is 62.5 cm³/mol. The van der Waals surface area contributed by atoms with E-state index in [1.165, 1.54) is 18.2 Å². The summed E-state index contributed by atoms with van der Waals surface area (Å²) >= 11 is 0. The average Bonchev–Trinajstić information content (AvgIpc) is 2.54. The predicted octanol–water partition coefficient (Wildman–Crippen LogP) is 0.242. The second-order valence-electron chi connectivity index (χ2n) is 3.93. The van der Waals surface area contributed by atoms with Gasteiger partial charge in [0.15, 0.2) is 15.4 Å². The Bertz CT molecular complexity index is 696. The second-order valence-corrected chi connectivity index (χ2v) is 5.97. The van der Waals surface area contributed by atoms with Gasteiger partial charge < -0.3 is 10.2 Å².